The van der Waals surface area contributed by atoms with Gasteiger partial charge in [-0.2, -0.15) is 0 Å². The second-order valence-electron chi connectivity index (χ2n) is 4.41. The van der Waals surface area contributed by atoms with Crippen molar-refractivity contribution in [2.45, 2.75) is 32.4 Å². The number of ether oxygens (including phenoxy) is 1. The predicted molar refractivity (Wildman–Crippen MR) is 74.4 cm³/mol. The van der Waals surface area contributed by atoms with Crippen LogP contribution < -0.4 is 5.32 Å². The SMILES string of the molecule is CCN(Cc1ccco1)C(=S)NCC1CCCO1. The summed E-state index contributed by atoms with van der Waals surface area (Å²) in [6, 6.07) is 3.86. The van der Waals surface area contributed by atoms with E-state index >= 15 is 0 Å². The molecular formula is C13H20N2O2S. The molecule has 1 atom stereocenters. The Hall–Kier alpha value is -1.07. The molecule has 5 heteroatoms. The van der Waals surface area contributed by atoms with Crippen molar-refractivity contribution in [3.8, 4) is 0 Å². The van der Waals surface area contributed by atoms with Crippen LogP contribution >= 0.6 is 12.2 Å². The van der Waals surface area contributed by atoms with Crippen LogP contribution in [0.2, 0.25) is 0 Å². The Bertz CT molecular complexity index is 361. The molecule has 0 bridgehead atoms. The van der Waals surface area contributed by atoms with Gasteiger partial charge < -0.3 is 19.4 Å². The normalized spacial score (nSPS) is 18.8. The second-order valence-corrected chi connectivity index (χ2v) is 4.80. The van der Waals surface area contributed by atoms with Gasteiger partial charge in [0.25, 0.3) is 0 Å². The van der Waals surface area contributed by atoms with Gasteiger partial charge in [-0.05, 0) is 44.1 Å². The Labute approximate surface area is 113 Å². The van der Waals surface area contributed by atoms with Crippen LogP contribution in [0.25, 0.3) is 0 Å². The van der Waals surface area contributed by atoms with Crippen LogP contribution in [0, 0.1) is 0 Å². The lowest BCUT2D eigenvalue weighted by molar-refractivity contribution is 0.113. The molecule has 100 valence electrons. The third kappa shape index (κ3) is 3.71. The molecule has 0 saturated carbocycles. The molecule has 1 aliphatic rings. The van der Waals surface area contributed by atoms with Crippen molar-refractivity contribution in [1.82, 2.24) is 10.2 Å². The van der Waals surface area contributed by atoms with Gasteiger partial charge >= 0.3 is 0 Å². The van der Waals surface area contributed by atoms with Crippen molar-refractivity contribution >= 4 is 17.3 Å². The van der Waals surface area contributed by atoms with Crippen LogP contribution in [0.3, 0.4) is 0 Å². The maximum Gasteiger partial charge on any atom is 0.169 e. The Balaban J connectivity index is 1.77. The van der Waals surface area contributed by atoms with E-state index in [4.69, 9.17) is 21.4 Å². The van der Waals surface area contributed by atoms with E-state index in [0.29, 0.717) is 12.6 Å². The lowest BCUT2D eigenvalue weighted by atomic mass is 10.2. The molecule has 1 fully saturated rings. The molecule has 1 N–H and O–H groups in total. The monoisotopic (exact) mass is 268 g/mol. The zero-order valence-corrected chi connectivity index (χ0v) is 11.5. The summed E-state index contributed by atoms with van der Waals surface area (Å²) < 4.78 is 10.9. The minimum Gasteiger partial charge on any atom is -0.467 e. The summed E-state index contributed by atoms with van der Waals surface area (Å²) in [5.74, 6) is 0.929. The van der Waals surface area contributed by atoms with E-state index < -0.39 is 0 Å². The van der Waals surface area contributed by atoms with Gasteiger partial charge in [-0.15, -0.1) is 0 Å². The maximum absolute atomic E-state index is 5.56. The van der Waals surface area contributed by atoms with E-state index in [2.05, 4.69) is 17.1 Å². The molecule has 2 heterocycles. The molecule has 2 rings (SSSR count). The van der Waals surface area contributed by atoms with E-state index in [9.17, 15) is 0 Å². The number of hydrogen-bond donors (Lipinski definition) is 1. The Morgan fingerprint density at radius 3 is 3.11 bits per heavy atom. The third-order valence-corrected chi connectivity index (χ3v) is 3.50. The molecule has 18 heavy (non-hydrogen) atoms. The van der Waals surface area contributed by atoms with Gasteiger partial charge in [0.15, 0.2) is 5.11 Å². The van der Waals surface area contributed by atoms with E-state index in [1.165, 1.54) is 0 Å². The molecule has 4 nitrogen and oxygen atoms in total. The van der Waals surface area contributed by atoms with Crippen molar-refractivity contribution in [2.24, 2.45) is 0 Å². The summed E-state index contributed by atoms with van der Waals surface area (Å²) in [5.41, 5.74) is 0. The van der Waals surface area contributed by atoms with Crippen molar-refractivity contribution in [2.75, 3.05) is 19.7 Å². The zero-order valence-electron chi connectivity index (χ0n) is 10.7. The highest BCUT2D eigenvalue weighted by atomic mass is 32.1. The van der Waals surface area contributed by atoms with Crippen molar-refractivity contribution < 1.29 is 9.15 Å². The van der Waals surface area contributed by atoms with Gasteiger partial charge in [0.05, 0.1) is 18.9 Å². The molecule has 1 aromatic heterocycles. The first-order valence-corrected chi connectivity index (χ1v) is 6.87. The molecule has 0 amide bonds. The zero-order chi connectivity index (χ0) is 12.8. The molecule has 1 aliphatic heterocycles. The predicted octanol–water partition coefficient (Wildman–Crippen LogP) is 2.16. The van der Waals surface area contributed by atoms with E-state index in [1.807, 2.05) is 12.1 Å². The molecule has 1 aromatic rings. The summed E-state index contributed by atoms with van der Waals surface area (Å²) in [4.78, 5) is 2.09. The highest BCUT2D eigenvalue weighted by Crippen LogP contribution is 2.11. The van der Waals surface area contributed by atoms with Crippen molar-refractivity contribution in [3.05, 3.63) is 24.2 Å². The number of nitrogens with one attached hydrogen (secondary N) is 1. The Morgan fingerprint density at radius 1 is 1.61 bits per heavy atom. The first kappa shape index (κ1) is 13.4. The van der Waals surface area contributed by atoms with Crippen molar-refractivity contribution in [3.63, 3.8) is 0 Å². The fourth-order valence-electron chi connectivity index (χ4n) is 2.04. The molecule has 0 aliphatic carbocycles. The molecule has 1 saturated heterocycles. The van der Waals surface area contributed by atoms with Gasteiger partial charge in [-0.3, -0.25) is 0 Å². The molecule has 0 radical (unpaired) electrons. The van der Waals surface area contributed by atoms with Crippen LogP contribution in [-0.4, -0.2) is 35.8 Å². The summed E-state index contributed by atoms with van der Waals surface area (Å²) >= 11 is 5.40. The lowest BCUT2D eigenvalue weighted by Gasteiger charge is -2.24. The topological polar surface area (TPSA) is 37.6 Å². The number of nitrogens with zero attached hydrogens (tertiary/aromatic N) is 1. The largest absolute Gasteiger partial charge is 0.467 e. The van der Waals surface area contributed by atoms with E-state index in [1.54, 1.807) is 6.26 Å². The highest BCUT2D eigenvalue weighted by Gasteiger charge is 2.17. The number of hydrogen-bond acceptors (Lipinski definition) is 3. The van der Waals surface area contributed by atoms with E-state index in [0.717, 1.165) is 43.4 Å². The standard InChI is InChI=1S/C13H20N2O2S/c1-2-15(10-12-6-4-8-17-12)13(18)14-9-11-5-3-7-16-11/h4,6,8,11H,2-3,5,7,9-10H2,1H3,(H,14,18). The molecule has 1 unspecified atom stereocenters. The fourth-order valence-corrected chi connectivity index (χ4v) is 2.31. The van der Waals surface area contributed by atoms with E-state index in [-0.39, 0.29) is 0 Å². The highest BCUT2D eigenvalue weighted by molar-refractivity contribution is 7.80. The lowest BCUT2D eigenvalue weighted by Crippen LogP contribution is -2.42. The Morgan fingerprint density at radius 2 is 2.50 bits per heavy atom. The van der Waals surface area contributed by atoms with Crippen molar-refractivity contribution in [1.29, 1.82) is 0 Å². The average Bonchev–Trinajstić information content (AvgIpc) is 3.06. The van der Waals surface area contributed by atoms with Crippen LogP contribution in [0.5, 0.6) is 0 Å². The molecule has 0 spiro atoms. The number of furan rings is 1. The van der Waals surface area contributed by atoms with Gasteiger partial charge in [0.2, 0.25) is 0 Å². The minimum atomic E-state index is 0.310. The first-order chi connectivity index (χ1) is 8.79. The molecule has 0 aromatic carbocycles. The van der Waals surface area contributed by atoms with Gasteiger partial charge in [0, 0.05) is 19.7 Å². The maximum atomic E-state index is 5.56. The third-order valence-electron chi connectivity index (χ3n) is 3.10. The summed E-state index contributed by atoms with van der Waals surface area (Å²) in [6.07, 6.45) is 4.28. The molecular weight excluding hydrogens is 248 g/mol. The van der Waals surface area contributed by atoms with Crippen LogP contribution in [0.15, 0.2) is 22.8 Å². The minimum absolute atomic E-state index is 0.310. The average molecular weight is 268 g/mol. The number of rotatable bonds is 5. The summed E-state index contributed by atoms with van der Waals surface area (Å²) in [6.45, 7) is 5.33. The Kier molecular flexibility index (Phi) is 5.01. The van der Waals surface area contributed by atoms with Crippen LogP contribution in [0.1, 0.15) is 25.5 Å². The summed E-state index contributed by atoms with van der Waals surface area (Å²) in [5, 5.41) is 4.05. The smallest absolute Gasteiger partial charge is 0.169 e. The van der Waals surface area contributed by atoms with Gasteiger partial charge in [0.1, 0.15) is 5.76 Å². The first-order valence-electron chi connectivity index (χ1n) is 6.46. The van der Waals surface area contributed by atoms with Crippen LogP contribution in [-0.2, 0) is 11.3 Å². The summed E-state index contributed by atoms with van der Waals surface area (Å²) in [7, 11) is 0. The quantitative estimate of drug-likeness (QED) is 0.828. The van der Waals surface area contributed by atoms with Gasteiger partial charge in [-0.1, -0.05) is 0 Å². The van der Waals surface area contributed by atoms with Gasteiger partial charge in [-0.25, -0.2) is 0 Å². The van der Waals surface area contributed by atoms with Crippen LogP contribution in [0.4, 0.5) is 0 Å². The fraction of sp³-hybridized carbons (Fsp3) is 0.615. The second kappa shape index (κ2) is 6.75. The number of thiocarbonyl (C=S) groups is 1.